The van der Waals surface area contributed by atoms with Crippen LogP contribution in [-0.4, -0.2) is 51.1 Å². The summed E-state index contributed by atoms with van der Waals surface area (Å²) in [6.07, 6.45) is 5.19. The molecule has 7 heteroatoms. The van der Waals surface area contributed by atoms with E-state index >= 15 is 0 Å². The predicted octanol–water partition coefficient (Wildman–Crippen LogP) is 2.06. The third-order valence-corrected chi connectivity index (χ3v) is 5.28. The van der Waals surface area contributed by atoms with Gasteiger partial charge in [0.15, 0.2) is 0 Å². The van der Waals surface area contributed by atoms with Gasteiger partial charge in [0, 0.05) is 44.0 Å². The van der Waals surface area contributed by atoms with E-state index < -0.39 is 10.0 Å². The molecule has 0 saturated carbocycles. The fourth-order valence-corrected chi connectivity index (χ4v) is 3.52. The summed E-state index contributed by atoms with van der Waals surface area (Å²) >= 11 is 0. The molecule has 6 nitrogen and oxygen atoms in total. The maximum atomic E-state index is 12.0. The number of rotatable bonds is 8. The average molecular weight is 351 g/mol. The first-order chi connectivity index (χ1) is 11.4. The first kappa shape index (κ1) is 18.5. The number of benzene rings is 1. The van der Waals surface area contributed by atoms with Crippen molar-refractivity contribution in [2.75, 3.05) is 42.7 Å². The summed E-state index contributed by atoms with van der Waals surface area (Å²) in [7, 11) is -3.33. The summed E-state index contributed by atoms with van der Waals surface area (Å²) in [5.74, 6) is -0.207. The molecule has 1 aliphatic rings. The van der Waals surface area contributed by atoms with Crippen molar-refractivity contribution >= 4 is 27.3 Å². The van der Waals surface area contributed by atoms with Crippen LogP contribution in [0.2, 0.25) is 0 Å². The van der Waals surface area contributed by atoms with Crippen LogP contribution in [0, 0.1) is 0 Å². The lowest BCUT2D eigenvalue weighted by atomic mass is 10.2. The van der Waals surface area contributed by atoms with Crippen molar-refractivity contribution in [3.8, 4) is 0 Å². The van der Waals surface area contributed by atoms with E-state index in [0.717, 1.165) is 25.0 Å². The summed E-state index contributed by atoms with van der Waals surface area (Å²) in [6, 6.07) is 7.76. The summed E-state index contributed by atoms with van der Waals surface area (Å²) in [5.41, 5.74) is 1.89. The van der Waals surface area contributed by atoms with E-state index in [9.17, 15) is 13.2 Å². The minimum absolute atomic E-state index is 0.106. The summed E-state index contributed by atoms with van der Waals surface area (Å²) in [6.45, 7) is 6.04. The van der Waals surface area contributed by atoms with Crippen LogP contribution < -0.4 is 10.2 Å². The molecule has 2 rings (SSSR count). The number of nitrogens with zero attached hydrogens (tertiary/aromatic N) is 2. The Labute approximate surface area is 144 Å². The molecule has 24 heavy (non-hydrogen) atoms. The zero-order chi connectivity index (χ0) is 17.6. The lowest BCUT2D eigenvalue weighted by molar-refractivity contribution is -0.116. The molecule has 1 amide bonds. The molecule has 1 aromatic rings. The number of sulfonamides is 1. The van der Waals surface area contributed by atoms with Gasteiger partial charge >= 0.3 is 0 Å². The minimum Gasteiger partial charge on any atom is -0.372 e. The van der Waals surface area contributed by atoms with Gasteiger partial charge in [-0.2, -0.15) is 4.31 Å². The van der Waals surface area contributed by atoms with Gasteiger partial charge in [-0.3, -0.25) is 4.79 Å². The van der Waals surface area contributed by atoms with Crippen molar-refractivity contribution in [1.82, 2.24) is 4.31 Å². The zero-order valence-corrected chi connectivity index (χ0v) is 14.9. The van der Waals surface area contributed by atoms with Crippen LogP contribution in [-0.2, 0) is 14.8 Å². The van der Waals surface area contributed by atoms with Crippen molar-refractivity contribution in [3.05, 3.63) is 36.9 Å². The number of carbonyl (C=O) groups is 1. The molecule has 0 aliphatic carbocycles. The first-order valence-electron chi connectivity index (χ1n) is 8.11. The van der Waals surface area contributed by atoms with Gasteiger partial charge in [-0.05, 0) is 37.1 Å². The Morgan fingerprint density at radius 1 is 1.29 bits per heavy atom. The average Bonchev–Trinajstić information content (AvgIpc) is 3.05. The van der Waals surface area contributed by atoms with E-state index in [1.54, 1.807) is 0 Å². The van der Waals surface area contributed by atoms with Gasteiger partial charge < -0.3 is 10.2 Å². The maximum Gasteiger partial charge on any atom is 0.225 e. The molecule has 0 aromatic heterocycles. The molecular weight excluding hydrogens is 326 g/mol. The first-order valence-corrected chi connectivity index (χ1v) is 9.96. The molecule has 0 bridgehead atoms. The minimum atomic E-state index is -3.33. The van der Waals surface area contributed by atoms with Crippen LogP contribution in [0.4, 0.5) is 11.4 Å². The SMILES string of the molecule is C=CCN(CCC(=O)Nc1ccc(N2CCCC2)cc1)S(C)(=O)=O. The monoisotopic (exact) mass is 351 g/mol. The van der Waals surface area contributed by atoms with Crippen molar-refractivity contribution in [1.29, 1.82) is 0 Å². The smallest absolute Gasteiger partial charge is 0.225 e. The molecule has 1 fully saturated rings. The second-order valence-electron chi connectivity index (χ2n) is 5.95. The standard InChI is InChI=1S/C17H25N3O3S/c1-3-11-20(24(2,22)23)14-10-17(21)18-15-6-8-16(9-7-15)19-12-4-5-13-19/h3,6-9H,1,4-5,10-14H2,2H3,(H,18,21). The number of carbonyl (C=O) groups excluding carboxylic acids is 1. The maximum absolute atomic E-state index is 12.0. The molecule has 1 heterocycles. The van der Waals surface area contributed by atoms with Gasteiger partial charge in [-0.15, -0.1) is 6.58 Å². The van der Waals surface area contributed by atoms with E-state index in [2.05, 4.69) is 16.8 Å². The van der Waals surface area contributed by atoms with Crippen LogP contribution in [0.25, 0.3) is 0 Å². The molecule has 1 aromatic carbocycles. The van der Waals surface area contributed by atoms with Crippen LogP contribution >= 0.6 is 0 Å². The molecule has 1 N–H and O–H groups in total. The molecule has 132 valence electrons. The third-order valence-electron chi connectivity index (χ3n) is 4.01. The number of hydrogen-bond acceptors (Lipinski definition) is 4. The van der Waals surface area contributed by atoms with Gasteiger partial charge in [0.25, 0.3) is 0 Å². The summed E-state index contributed by atoms with van der Waals surface area (Å²) in [5, 5.41) is 2.80. The number of hydrogen-bond donors (Lipinski definition) is 1. The molecule has 0 spiro atoms. The highest BCUT2D eigenvalue weighted by molar-refractivity contribution is 7.88. The second-order valence-corrected chi connectivity index (χ2v) is 7.93. The Morgan fingerprint density at radius 3 is 2.46 bits per heavy atom. The van der Waals surface area contributed by atoms with E-state index in [0.29, 0.717) is 0 Å². The van der Waals surface area contributed by atoms with Crippen molar-refractivity contribution < 1.29 is 13.2 Å². The lowest BCUT2D eigenvalue weighted by Gasteiger charge is -2.18. The van der Waals surface area contributed by atoms with Crippen LogP contribution in [0.5, 0.6) is 0 Å². The Bertz CT molecular complexity index is 665. The van der Waals surface area contributed by atoms with Crippen LogP contribution in [0.15, 0.2) is 36.9 Å². The fraction of sp³-hybridized carbons (Fsp3) is 0.471. The Kier molecular flexibility index (Phi) is 6.39. The Hall–Kier alpha value is -1.86. The van der Waals surface area contributed by atoms with E-state index in [4.69, 9.17) is 0 Å². The molecule has 1 aliphatic heterocycles. The van der Waals surface area contributed by atoms with Crippen molar-refractivity contribution in [2.45, 2.75) is 19.3 Å². The van der Waals surface area contributed by atoms with Gasteiger partial charge in [-0.1, -0.05) is 6.08 Å². The highest BCUT2D eigenvalue weighted by Crippen LogP contribution is 2.22. The second kappa shape index (κ2) is 8.30. The van der Waals surface area contributed by atoms with Crippen molar-refractivity contribution in [2.24, 2.45) is 0 Å². The molecule has 0 unspecified atom stereocenters. The van der Waals surface area contributed by atoms with Crippen molar-refractivity contribution in [3.63, 3.8) is 0 Å². The summed E-state index contributed by atoms with van der Waals surface area (Å²) in [4.78, 5) is 14.3. The third kappa shape index (κ3) is 5.35. The van der Waals surface area contributed by atoms with Gasteiger partial charge in [0.1, 0.15) is 0 Å². The van der Waals surface area contributed by atoms with E-state index in [1.165, 1.54) is 28.9 Å². The van der Waals surface area contributed by atoms with Crippen LogP contribution in [0.3, 0.4) is 0 Å². The van der Waals surface area contributed by atoms with E-state index in [-0.39, 0.29) is 25.4 Å². The largest absolute Gasteiger partial charge is 0.372 e. The quantitative estimate of drug-likeness (QED) is 0.728. The predicted molar refractivity (Wildman–Crippen MR) is 97.7 cm³/mol. The Morgan fingerprint density at radius 2 is 1.92 bits per heavy atom. The van der Waals surface area contributed by atoms with Gasteiger partial charge in [-0.25, -0.2) is 8.42 Å². The number of amides is 1. The topological polar surface area (TPSA) is 69.7 Å². The molecule has 0 atom stereocenters. The molecule has 0 radical (unpaired) electrons. The zero-order valence-electron chi connectivity index (χ0n) is 14.1. The van der Waals surface area contributed by atoms with Gasteiger partial charge in [0.2, 0.25) is 15.9 Å². The fourth-order valence-electron chi connectivity index (χ4n) is 2.72. The van der Waals surface area contributed by atoms with Crippen LogP contribution in [0.1, 0.15) is 19.3 Å². The van der Waals surface area contributed by atoms with E-state index in [1.807, 2.05) is 24.3 Å². The molecule has 1 saturated heterocycles. The van der Waals surface area contributed by atoms with Gasteiger partial charge in [0.05, 0.1) is 6.26 Å². The highest BCUT2D eigenvalue weighted by atomic mass is 32.2. The summed E-state index contributed by atoms with van der Waals surface area (Å²) < 4.78 is 24.4. The Balaban J connectivity index is 1.86. The lowest BCUT2D eigenvalue weighted by Crippen LogP contribution is -2.33. The normalized spacial score (nSPS) is 14.8. The molecular formula is C17H25N3O3S. The number of anilines is 2. The highest BCUT2D eigenvalue weighted by Gasteiger charge is 2.16. The number of nitrogens with one attached hydrogen (secondary N) is 1.